The van der Waals surface area contributed by atoms with Crippen LogP contribution in [0.25, 0.3) is 0 Å². The van der Waals surface area contributed by atoms with Crippen LogP contribution in [0.15, 0.2) is 0 Å². The Morgan fingerprint density at radius 2 is 1.93 bits per heavy atom. The molecule has 8 N–H and O–H groups in total. The lowest BCUT2D eigenvalue weighted by molar-refractivity contribution is -0.357. The Bertz CT molecular complexity index is 596. The quantitative estimate of drug-likeness (QED) is 0.215. The molecule has 28 heavy (non-hydrogen) atoms. The van der Waals surface area contributed by atoms with Crippen molar-refractivity contribution in [2.75, 3.05) is 19.0 Å². The molecule has 13 heteroatoms. The number of aliphatic hydroxyl groups is 6. The summed E-state index contributed by atoms with van der Waals surface area (Å²) in [6.07, 6.45) is -10.9. The maximum Gasteiger partial charge on any atom is 0.321 e. The smallest absolute Gasteiger partial charge is 0.321 e. The first-order valence-corrected chi connectivity index (χ1v) is 9.67. The van der Waals surface area contributed by atoms with Crippen molar-refractivity contribution >= 4 is 17.7 Å². The molecule has 12 nitrogen and oxygen atoms in total. The molecule has 0 aromatic carbocycles. The number of carboxylic acid groups (broad SMARTS) is 1. The van der Waals surface area contributed by atoms with Crippen molar-refractivity contribution in [3.8, 4) is 0 Å². The van der Waals surface area contributed by atoms with E-state index in [0.29, 0.717) is 0 Å². The molecule has 3 fully saturated rings. The van der Waals surface area contributed by atoms with Crippen LogP contribution in [0.5, 0.6) is 0 Å². The normalized spacial score (nSPS) is 52.1. The van der Waals surface area contributed by atoms with E-state index < -0.39 is 72.2 Å². The second-order valence-electron chi connectivity index (χ2n) is 7.19. The third-order valence-electron chi connectivity index (χ3n) is 5.33. The largest absolute Gasteiger partial charge is 0.480 e. The molecule has 3 aliphatic rings. The third-order valence-corrected chi connectivity index (χ3v) is 6.81. The number of ether oxygens (including phenoxy) is 3. The lowest BCUT2D eigenvalue weighted by Gasteiger charge is -2.57. The molecular weight excluding hydrogens is 402 g/mol. The molecular formula is C15H25NO11S. The van der Waals surface area contributed by atoms with E-state index in [1.165, 1.54) is 6.92 Å². The molecule has 0 saturated carbocycles. The lowest BCUT2D eigenvalue weighted by Crippen LogP contribution is -2.79. The van der Waals surface area contributed by atoms with Crippen molar-refractivity contribution < 1.29 is 54.8 Å². The zero-order valence-corrected chi connectivity index (χ0v) is 15.7. The number of nitrogens with one attached hydrogen (secondary N) is 1. The van der Waals surface area contributed by atoms with Gasteiger partial charge in [0.1, 0.15) is 42.7 Å². The van der Waals surface area contributed by atoms with Gasteiger partial charge in [-0.1, -0.05) is 0 Å². The molecule has 162 valence electrons. The molecule has 0 bridgehead atoms. The molecule has 3 saturated heterocycles. The monoisotopic (exact) mass is 427 g/mol. The van der Waals surface area contributed by atoms with Crippen molar-refractivity contribution in [3.63, 3.8) is 0 Å². The summed E-state index contributed by atoms with van der Waals surface area (Å²) >= 11 is 1.02. The number of rotatable bonds is 4. The Hall–Kier alpha value is -0.580. The van der Waals surface area contributed by atoms with E-state index in [-0.39, 0.29) is 12.4 Å². The predicted octanol–water partition coefficient (Wildman–Crippen LogP) is -4.24. The molecule has 3 rings (SSSR count). The van der Waals surface area contributed by atoms with E-state index in [4.69, 9.17) is 14.2 Å². The van der Waals surface area contributed by atoms with E-state index in [2.05, 4.69) is 5.32 Å². The van der Waals surface area contributed by atoms with Crippen LogP contribution >= 0.6 is 11.8 Å². The fraction of sp³-hybridized carbons (Fsp3) is 0.933. The van der Waals surface area contributed by atoms with Gasteiger partial charge in [0.2, 0.25) is 0 Å². The Kier molecular flexibility index (Phi) is 6.26. The van der Waals surface area contributed by atoms with Crippen LogP contribution < -0.4 is 5.32 Å². The van der Waals surface area contributed by atoms with Gasteiger partial charge in [-0.15, -0.1) is 11.8 Å². The Labute approximate surface area is 164 Å². The molecule has 3 heterocycles. The fourth-order valence-electron chi connectivity index (χ4n) is 3.54. The van der Waals surface area contributed by atoms with Gasteiger partial charge >= 0.3 is 5.97 Å². The second-order valence-corrected chi connectivity index (χ2v) is 8.59. The summed E-state index contributed by atoms with van der Waals surface area (Å²) < 4.78 is 16.4. The zero-order chi connectivity index (χ0) is 20.9. The highest BCUT2D eigenvalue weighted by Gasteiger charge is 2.64. The summed E-state index contributed by atoms with van der Waals surface area (Å²) in [5, 5.41) is 72.7. The molecule has 0 spiro atoms. The zero-order valence-electron chi connectivity index (χ0n) is 14.9. The number of thioether (sulfide) groups is 1. The van der Waals surface area contributed by atoms with E-state index in [1.807, 2.05) is 0 Å². The molecule has 0 aliphatic carbocycles. The number of aliphatic carboxylic acids is 1. The number of fused-ring (bicyclic) bond motifs is 1. The van der Waals surface area contributed by atoms with Gasteiger partial charge in [0.15, 0.2) is 16.9 Å². The number of hydrogen-bond donors (Lipinski definition) is 8. The summed E-state index contributed by atoms with van der Waals surface area (Å²) in [7, 11) is 0. The second kappa shape index (κ2) is 7.92. The summed E-state index contributed by atoms with van der Waals surface area (Å²) in [6.45, 7) is 0.559. The molecule has 10 atom stereocenters. The van der Waals surface area contributed by atoms with Gasteiger partial charge in [-0.25, -0.2) is 0 Å². The SMILES string of the molecule is CC12OCC(O)C(OC3OC(CO)C(O)C(O)C3O)C1(O)NC(C(=O)O)CS2. The number of hydrogen-bond acceptors (Lipinski definition) is 12. The average Bonchev–Trinajstić information content (AvgIpc) is 2.65. The first kappa shape index (κ1) is 22.1. The maximum atomic E-state index is 11.4. The van der Waals surface area contributed by atoms with Crippen molar-refractivity contribution in [1.29, 1.82) is 0 Å². The third kappa shape index (κ3) is 3.54. The maximum absolute atomic E-state index is 11.4. The first-order valence-electron chi connectivity index (χ1n) is 8.69. The first-order chi connectivity index (χ1) is 13.0. The highest BCUT2D eigenvalue weighted by Crippen LogP contribution is 2.47. The topological polar surface area (TPSA) is 198 Å². The standard InChI is InChI=1S/C15H25NO11S/c1-14-15(24,16-5(4-28-14)12(22)23)11(6(18)3-25-14)27-13-10(21)9(20)8(19)7(2-17)26-13/h5-11,13,16-21,24H,2-4H2,1H3,(H,22,23). The van der Waals surface area contributed by atoms with Gasteiger partial charge in [-0.05, 0) is 6.92 Å². The summed E-state index contributed by atoms with van der Waals surface area (Å²) in [4.78, 5) is 9.99. The minimum absolute atomic E-state index is 0.0804. The van der Waals surface area contributed by atoms with Gasteiger partial charge in [-0.3, -0.25) is 10.1 Å². The van der Waals surface area contributed by atoms with Crippen LogP contribution in [0.3, 0.4) is 0 Å². The van der Waals surface area contributed by atoms with Gasteiger partial charge in [0.25, 0.3) is 0 Å². The molecule has 0 amide bonds. The van der Waals surface area contributed by atoms with Crippen molar-refractivity contribution in [2.45, 2.75) is 66.5 Å². The van der Waals surface area contributed by atoms with Crippen LogP contribution in [-0.4, -0.2) is 120 Å². The van der Waals surface area contributed by atoms with Crippen LogP contribution in [0.1, 0.15) is 6.92 Å². The Morgan fingerprint density at radius 3 is 2.54 bits per heavy atom. The minimum Gasteiger partial charge on any atom is -0.480 e. The highest BCUT2D eigenvalue weighted by atomic mass is 32.2. The van der Waals surface area contributed by atoms with E-state index in [1.54, 1.807) is 0 Å². The van der Waals surface area contributed by atoms with Gasteiger partial charge < -0.3 is 50.0 Å². The lowest BCUT2D eigenvalue weighted by atomic mass is 9.91. The van der Waals surface area contributed by atoms with Crippen molar-refractivity contribution in [2.24, 2.45) is 0 Å². The summed E-state index contributed by atoms with van der Waals surface area (Å²) in [5.74, 6) is -1.15. The molecule has 0 radical (unpaired) electrons. The van der Waals surface area contributed by atoms with E-state index >= 15 is 0 Å². The van der Waals surface area contributed by atoms with Crippen molar-refractivity contribution in [3.05, 3.63) is 0 Å². The fourth-order valence-corrected chi connectivity index (χ4v) is 4.80. The van der Waals surface area contributed by atoms with E-state index in [9.17, 15) is 40.5 Å². The number of aliphatic hydroxyl groups excluding tert-OH is 5. The van der Waals surface area contributed by atoms with Gasteiger partial charge in [-0.2, -0.15) is 0 Å². The molecule has 0 aromatic heterocycles. The molecule has 10 unspecified atom stereocenters. The van der Waals surface area contributed by atoms with Gasteiger partial charge in [0, 0.05) is 5.75 Å². The van der Waals surface area contributed by atoms with Crippen LogP contribution in [0.4, 0.5) is 0 Å². The summed E-state index contributed by atoms with van der Waals surface area (Å²) in [6, 6.07) is -1.17. The number of carboxylic acids is 1. The molecule has 3 aliphatic heterocycles. The Balaban J connectivity index is 1.87. The predicted molar refractivity (Wildman–Crippen MR) is 91.0 cm³/mol. The summed E-state index contributed by atoms with van der Waals surface area (Å²) in [5.41, 5.74) is -2.20. The Morgan fingerprint density at radius 1 is 1.25 bits per heavy atom. The average molecular weight is 427 g/mol. The van der Waals surface area contributed by atoms with Crippen LogP contribution in [0, 0.1) is 0 Å². The minimum atomic E-state index is -2.20. The van der Waals surface area contributed by atoms with Crippen molar-refractivity contribution in [1.82, 2.24) is 5.32 Å². The van der Waals surface area contributed by atoms with Crippen LogP contribution in [0.2, 0.25) is 0 Å². The van der Waals surface area contributed by atoms with Crippen LogP contribution in [-0.2, 0) is 19.0 Å². The highest BCUT2D eigenvalue weighted by molar-refractivity contribution is 8.00. The van der Waals surface area contributed by atoms with E-state index in [0.717, 1.165) is 11.8 Å². The molecule has 0 aromatic rings. The van der Waals surface area contributed by atoms with Gasteiger partial charge in [0.05, 0.1) is 13.2 Å². The number of carbonyl (C=O) groups is 1.